The Morgan fingerprint density at radius 3 is 2.14 bits per heavy atom. The van der Waals surface area contributed by atoms with Crippen molar-refractivity contribution in [3.63, 3.8) is 0 Å². The van der Waals surface area contributed by atoms with Gasteiger partial charge in [-0.25, -0.2) is 12.8 Å². The summed E-state index contributed by atoms with van der Waals surface area (Å²) >= 11 is 0. The van der Waals surface area contributed by atoms with Crippen LogP contribution in [-0.2, 0) is 10.0 Å². The van der Waals surface area contributed by atoms with Gasteiger partial charge >= 0.3 is 0 Å². The highest BCUT2D eigenvalue weighted by Gasteiger charge is 2.29. The number of nitrogens with zero attached hydrogens (tertiary/aromatic N) is 2. The lowest BCUT2D eigenvalue weighted by atomic mass is 9.97. The standard InChI is InChI=1S/C27H37FN2O4S/c1-27(2,28)20-29-16-13-21(14-17-29)19-34-25-9-5-22(6-10-25)23-7-11-26(12-8-23)35(32,33)30-15-3-4-24(31)18-30/h5-12,21,24,31H,3-4,13-20H2,1-2H3. The number of aliphatic hydroxyl groups is 1. The minimum absolute atomic E-state index is 0.153. The third kappa shape index (κ3) is 7.03. The first-order valence-electron chi connectivity index (χ1n) is 12.5. The molecule has 2 aromatic carbocycles. The van der Waals surface area contributed by atoms with Crippen molar-refractivity contribution in [1.82, 2.24) is 9.21 Å². The highest BCUT2D eigenvalue weighted by Crippen LogP contribution is 2.27. The summed E-state index contributed by atoms with van der Waals surface area (Å²) in [6.45, 7) is 6.81. The maximum atomic E-state index is 13.9. The normalized spacial score (nSPS) is 21.2. The number of alkyl halides is 1. The van der Waals surface area contributed by atoms with Crippen LogP contribution in [-0.4, -0.2) is 73.8 Å². The summed E-state index contributed by atoms with van der Waals surface area (Å²) in [6.07, 6.45) is 2.74. The van der Waals surface area contributed by atoms with Gasteiger partial charge in [-0.3, -0.25) is 0 Å². The zero-order chi connectivity index (χ0) is 25.1. The van der Waals surface area contributed by atoms with E-state index in [2.05, 4.69) is 4.90 Å². The molecule has 1 unspecified atom stereocenters. The molecule has 2 heterocycles. The lowest BCUT2D eigenvalue weighted by Gasteiger charge is -2.34. The second-order valence-corrected chi connectivity index (χ2v) is 12.4. The number of ether oxygens (including phenoxy) is 1. The Morgan fingerprint density at radius 2 is 1.57 bits per heavy atom. The molecule has 0 aromatic heterocycles. The number of halogens is 1. The molecule has 0 saturated carbocycles. The summed E-state index contributed by atoms with van der Waals surface area (Å²) in [5, 5.41) is 9.83. The number of sulfonamides is 1. The molecule has 0 radical (unpaired) electrons. The van der Waals surface area contributed by atoms with Crippen LogP contribution in [0.2, 0.25) is 0 Å². The van der Waals surface area contributed by atoms with Crippen molar-refractivity contribution < 1.29 is 22.7 Å². The average molecular weight is 505 g/mol. The molecule has 0 spiro atoms. The van der Waals surface area contributed by atoms with Gasteiger partial charge in [0.1, 0.15) is 11.4 Å². The van der Waals surface area contributed by atoms with Crippen LogP contribution in [0.15, 0.2) is 53.4 Å². The number of rotatable bonds is 8. The maximum Gasteiger partial charge on any atom is 0.243 e. The molecule has 192 valence electrons. The fourth-order valence-corrected chi connectivity index (χ4v) is 6.42. The molecule has 35 heavy (non-hydrogen) atoms. The molecule has 1 N–H and O–H groups in total. The molecule has 0 bridgehead atoms. The molecule has 6 nitrogen and oxygen atoms in total. The molecule has 2 saturated heterocycles. The number of likely N-dealkylation sites (tertiary alicyclic amines) is 1. The van der Waals surface area contributed by atoms with Gasteiger partial charge in [0.25, 0.3) is 0 Å². The molecule has 4 rings (SSSR count). The van der Waals surface area contributed by atoms with Crippen LogP contribution >= 0.6 is 0 Å². The van der Waals surface area contributed by atoms with Crippen molar-refractivity contribution in [1.29, 1.82) is 0 Å². The van der Waals surface area contributed by atoms with Gasteiger partial charge in [0.05, 0.1) is 17.6 Å². The first-order chi connectivity index (χ1) is 16.6. The molecule has 2 aliphatic heterocycles. The van der Waals surface area contributed by atoms with Crippen LogP contribution in [0.3, 0.4) is 0 Å². The minimum Gasteiger partial charge on any atom is -0.493 e. The summed E-state index contributed by atoms with van der Waals surface area (Å²) in [5.74, 6) is 1.29. The highest BCUT2D eigenvalue weighted by molar-refractivity contribution is 7.89. The van der Waals surface area contributed by atoms with Crippen LogP contribution in [0.25, 0.3) is 11.1 Å². The third-order valence-electron chi connectivity index (χ3n) is 6.83. The van der Waals surface area contributed by atoms with Crippen LogP contribution in [0.5, 0.6) is 5.75 Å². The molecule has 2 aromatic rings. The first-order valence-corrected chi connectivity index (χ1v) is 14.0. The van der Waals surface area contributed by atoms with Crippen molar-refractivity contribution in [3.05, 3.63) is 48.5 Å². The zero-order valence-corrected chi connectivity index (χ0v) is 21.5. The van der Waals surface area contributed by atoms with E-state index in [0.29, 0.717) is 38.5 Å². The zero-order valence-electron chi connectivity index (χ0n) is 20.7. The van der Waals surface area contributed by atoms with Crippen LogP contribution in [0.4, 0.5) is 4.39 Å². The van der Waals surface area contributed by atoms with Gasteiger partial charge in [-0.15, -0.1) is 0 Å². The number of benzene rings is 2. The second kappa shape index (κ2) is 10.9. The lowest BCUT2D eigenvalue weighted by Crippen LogP contribution is -2.42. The van der Waals surface area contributed by atoms with E-state index in [0.717, 1.165) is 42.8 Å². The summed E-state index contributed by atoms with van der Waals surface area (Å²) in [5.41, 5.74) is 0.755. The SMILES string of the molecule is CC(C)(F)CN1CCC(COc2ccc(-c3ccc(S(=O)(=O)N4CCCC(O)C4)cc3)cc2)CC1. The Hall–Kier alpha value is -2.00. The monoisotopic (exact) mass is 504 g/mol. The topological polar surface area (TPSA) is 70.1 Å². The summed E-state index contributed by atoms with van der Waals surface area (Å²) < 4.78 is 47.0. The largest absolute Gasteiger partial charge is 0.493 e. The van der Waals surface area contributed by atoms with Crippen molar-refractivity contribution >= 4 is 10.0 Å². The average Bonchev–Trinajstić information content (AvgIpc) is 2.83. The fourth-order valence-electron chi connectivity index (χ4n) is 4.91. The molecular weight excluding hydrogens is 467 g/mol. The lowest BCUT2D eigenvalue weighted by molar-refractivity contribution is 0.0836. The molecule has 0 aliphatic carbocycles. The molecule has 2 fully saturated rings. The third-order valence-corrected chi connectivity index (χ3v) is 8.71. The fraction of sp³-hybridized carbons (Fsp3) is 0.556. The van der Waals surface area contributed by atoms with Gasteiger partial charge in [0.15, 0.2) is 0 Å². The number of piperidine rings is 2. The van der Waals surface area contributed by atoms with Gasteiger partial charge in [0.2, 0.25) is 10.0 Å². The second-order valence-electron chi connectivity index (χ2n) is 10.5. The van der Waals surface area contributed by atoms with Gasteiger partial charge < -0.3 is 14.7 Å². The van der Waals surface area contributed by atoms with Crippen molar-refractivity contribution in [2.24, 2.45) is 5.92 Å². The van der Waals surface area contributed by atoms with E-state index >= 15 is 0 Å². The summed E-state index contributed by atoms with van der Waals surface area (Å²) in [7, 11) is -3.60. The predicted octanol–water partition coefficient (Wildman–Crippen LogP) is 4.34. The summed E-state index contributed by atoms with van der Waals surface area (Å²) in [4.78, 5) is 2.44. The predicted molar refractivity (Wildman–Crippen MR) is 136 cm³/mol. The van der Waals surface area contributed by atoms with Gasteiger partial charge in [-0.05, 0) is 93.9 Å². The molecule has 1 atom stereocenters. The molecule has 8 heteroatoms. The van der Waals surface area contributed by atoms with E-state index in [-0.39, 0.29) is 11.4 Å². The smallest absolute Gasteiger partial charge is 0.243 e. The quantitative estimate of drug-likeness (QED) is 0.579. The number of hydrogen-bond donors (Lipinski definition) is 1. The number of aliphatic hydroxyl groups excluding tert-OH is 1. The van der Waals surface area contributed by atoms with Crippen LogP contribution in [0.1, 0.15) is 39.5 Å². The van der Waals surface area contributed by atoms with Gasteiger partial charge in [0, 0.05) is 19.6 Å². The Labute approximate surface area is 208 Å². The first kappa shape index (κ1) is 26.1. The van der Waals surface area contributed by atoms with Crippen molar-refractivity contribution in [2.75, 3.05) is 39.3 Å². The Bertz CT molecular complexity index is 1060. The Morgan fingerprint density at radius 1 is 0.971 bits per heavy atom. The maximum absolute atomic E-state index is 13.9. The van der Waals surface area contributed by atoms with Gasteiger partial charge in [-0.2, -0.15) is 4.31 Å². The Balaban J connectivity index is 1.30. The van der Waals surface area contributed by atoms with Crippen molar-refractivity contribution in [2.45, 2.75) is 56.2 Å². The van der Waals surface area contributed by atoms with E-state index in [1.165, 1.54) is 4.31 Å². The van der Waals surface area contributed by atoms with E-state index in [1.807, 2.05) is 36.4 Å². The van der Waals surface area contributed by atoms with E-state index in [4.69, 9.17) is 4.74 Å². The van der Waals surface area contributed by atoms with Crippen molar-refractivity contribution in [3.8, 4) is 16.9 Å². The molecular formula is C27H37FN2O4S. The highest BCUT2D eigenvalue weighted by atomic mass is 32.2. The number of hydrogen-bond acceptors (Lipinski definition) is 5. The van der Waals surface area contributed by atoms with Crippen LogP contribution in [0, 0.1) is 5.92 Å². The van der Waals surface area contributed by atoms with Gasteiger partial charge in [-0.1, -0.05) is 24.3 Å². The minimum atomic E-state index is -3.60. The molecule has 0 amide bonds. The van der Waals surface area contributed by atoms with E-state index < -0.39 is 21.8 Å². The molecule has 2 aliphatic rings. The van der Waals surface area contributed by atoms with E-state index in [1.54, 1.807) is 26.0 Å². The summed E-state index contributed by atoms with van der Waals surface area (Å²) in [6, 6.07) is 14.7. The Kier molecular flexibility index (Phi) is 8.16. The number of β-amino-alcohol motifs (C(OH)–C–C–N with tert-alkyl or cyclic N) is 1. The van der Waals surface area contributed by atoms with Crippen LogP contribution < -0.4 is 4.74 Å². The van der Waals surface area contributed by atoms with E-state index in [9.17, 15) is 17.9 Å².